The van der Waals surface area contributed by atoms with Gasteiger partial charge in [-0.05, 0) is 17.7 Å². The lowest BCUT2D eigenvalue weighted by Crippen LogP contribution is -2.01. The Morgan fingerprint density at radius 2 is 2.05 bits per heavy atom. The molecule has 22 heavy (non-hydrogen) atoms. The lowest BCUT2D eigenvalue weighted by atomic mass is 10.1. The maximum absolute atomic E-state index is 11.6. The summed E-state index contributed by atoms with van der Waals surface area (Å²) >= 11 is 1.61. The summed E-state index contributed by atoms with van der Waals surface area (Å²) in [7, 11) is 1.38. The number of carbonyl (C=O) groups is 1. The van der Waals surface area contributed by atoms with Gasteiger partial charge in [-0.3, -0.25) is 0 Å². The number of hydrogen-bond donors (Lipinski definition) is 0. The third kappa shape index (κ3) is 3.09. The van der Waals surface area contributed by atoms with Crippen LogP contribution in [0.25, 0.3) is 10.8 Å². The van der Waals surface area contributed by atoms with E-state index in [2.05, 4.69) is 10.2 Å². The first-order chi connectivity index (χ1) is 10.8. The van der Waals surface area contributed by atoms with Crippen LogP contribution in [0.5, 0.6) is 0 Å². The molecular formula is C17H14N2O2S. The van der Waals surface area contributed by atoms with Crippen molar-refractivity contribution < 1.29 is 9.53 Å². The molecule has 0 fully saturated rings. The minimum atomic E-state index is -0.322. The number of fused-ring (bicyclic) bond motifs is 1. The maximum atomic E-state index is 11.6. The van der Waals surface area contributed by atoms with Crippen molar-refractivity contribution >= 4 is 28.5 Å². The first-order valence-corrected chi connectivity index (χ1v) is 7.77. The van der Waals surface area contributed by atoms with Crippen LogP contribution in [-0.2, 0) is 10.5 Å². The van der Waals surface area contributed by atoms with Crippen LogP contribution in [0.15, 0.2) is 59.8 Å². The fraction of sp³-hybridized carbons (Fsp3) is 0.118. The molecule has 5 heteroatoms. The van der Waals surface area contributed by atoms with Crippen molar-refractivity contribution in [3.05, 3.63) is 65.9 Å². The van der Waals surface area contributed by atoms with Crippen molar-refractivity contribution in [2.24, 2.45) is 0 Å². The number of carbonyl (C=O) groups excluding carboxylic acids is 1. The Balaban J connectivity index is 1.81. The minimum Gasteiger partial charge on any atom is -0.465 e. The highest BCUT2D eigenvalue weighted by atomic mass is 32.2. The van der Waals surface area contributed by atoms with Gasteiger partial charge in [0.2, 0.25) is 0 Å². The van der Waals surface area contributed by atoms with E-state index in [1.165, 1.54) is 7.11 Å². The average molecular weight is 310 g/mol. The summed E-state index contributed by atoms with van der Waals surface area (Å²) in [5.74, 6) is 0.393. The van der Waals surface area contributed by atoms with Crippen molar-refractivity contribution in [3.63, 3.8) is 0 Å². The van der Waals surface area contributed by atoms with Gasteiger partial charge in [-0.1, -0.05) is 48.2 Å². The zero-order chi connectivity index (χ0) is 15.4. The highest BCUT2D eigenvalue weighted by molar-refractivity contribution is 7.98. The number of benzene rings is 2. The zero-order valence-electron chi connectivity index (χ0n) is 12.0. The van der Waals surface area contributed by atoms with Crippen LogP contribution in [0.1, 0.15) is 15.9 Å². The molecule has 1 heterocycles. The second-order valence-corrected chi connectivity index (χ2v) is 5.68. The molecule has 0 spiro atoms. The third-order valence-electron chi connectivity index (χ3n) is 3.26. The summed E-state index contributed by atoms with van der Waals surface area (Å²) in [6, 6.07) is 15.5. The Kier molecular flexibility index (Phi) is 4.34. The number of esters is 1. The van der Waals surface area contributed by atoms with Crippen molar-refractivity contribution in [3.8, 4) is 0 Å². The Hall–Kier alpha value is -2.40. The van der Waals surface area contributed by atoms with E-state index in [0.29, 0.717) is 11.3 Å². The van der Waals surface area contributed by atoms with Crippen LogP contribution in [0, 0.1) is 0 Å². The smallest absolute Gasteiger partial charge is 0.337 e. The first-order valence-electron chi connectivity index (χ1n) is 6.78. The summed E-state index contributed by atoms with van der Waals surface area (Å²) in [5, 5.41) is 11.3. The minimum absolute atomic E-state index is 0.322. The SMILES string of the molecule is COC(=O)c1cccc(CSc2nncc3ccccc23)c1. The van der Waals surface area contributed by atoms with Crippen LogP contribution in [-0.4, -0.2) is 23.3 Å². The molecule has 0 aliphatic heterocycles. The van der Waals surface area contributed by atoms with Crippen LogP contribution in [0.3, 0.4) is 0 Å². The number of ether oxygens (including phenoxy) is 1. The summed E-state index contributed by atoms with van der Waals surface area (Å²) in [4.78, 5) is 11.6. The Morgan fingerprint density at radius 3 is 2.91 bits per heavy atom. The van der Waals surface area contributed by atoms with E-state index in [1.807, 2.05) is 42.5 Å². The molecule has 0 N–H and O–H groups in total. The van der Waals surface area contributed by atoms with Crippen molar-refractivity contribution in [1.82, 2.24) is 10.2 Å². The van der Waals surface area contributed by atoms with Gasteiger partial charge in [0, 0.05) is 16.5 Å². The third-order valence-corrected chi connectivity index (χ3v) is 4.31. The number of hydrogen-bond acceptors (Lipinski definition) is 5. The predicted octanol–water partition coefficient (Wildman–Crippen LogP) is 3.71. The summed E-state index contributed by atoms with van der Waals surface area (Å²) < 4.78 is 4.74. The molecule has 2 aromatic carbocycles. The van der Waals surface area contributed by atoms with Crippen molar-refractivity contribution in [2.75, 3.05) is 7.11 Å². The highest BCUT2D eigenvalue weighted by Crippen LogP contribution is 2.27. The molecule has 0 aliphatic carbocycles. The molecule has 0 atom stereocenters. The van der Waals surface area contributed by atoms with Crippen molar-refractivity contribution in [1.29, 1.82) is 0 Å². The molecule has 110 valence electrons. The lowest BCUT2D eigenvalue weighted by Gasteiger charge is -2.06. The van der Waals surface area contributed by atoms with E-state index < -0.39 is 0 Å². The first kappa shape index (κ1) is 14.5. The van der Waals surface area contributed by atoms with Crippen LogP contribution in [0.4, 0.5) is 0 Å². The van der Waals surface area contributed by atoms with Gasteiger partial charge in [-0.2, -0.15) is 5.10 Å². The summed E-state index contributed by atoms with van der Waals surface area (Å²) in [5.41, 5.74) is 1.60. The molecule has 0 radical (unpaired) electrons. The predicted molar refractivity (Wildman–Crippen MR) is 86.9 cm³/mol. The van der Waals surface area contributed by atoms with Gasteiger partial charge in [-0.15, -0.1) is 5.10 Å². The molecule has 0 saturated carbocycles. The fourth-order valence-electron chi connectivity index (χ4n) is 2.17. The zero-order valence-corrected chi connectivity index (χ0v) is 12.8. The van der Waals surface area contributed by atoms with Gasteiger partial charge in [0.05, 0.1) is 18.9 Å². The second-order valence-electron chi connectivity index (χ2n) is 4.72. The molecule has 3 aromatic rings. The van der Waals surface area contributed by atoms with Gasteiger partial charge in [0.25, 0.3) is 0 Å². The normalized spacial score (nSPS) is 10.6. The summed E-state index contributed by atoms with van der Waals surface area (Å²) in [6.07, 6.45) is 1.76. The van der Waals surface area contributed by atoms with Gasteiger partial charge in [-0.25, -0.2) is 4.79 Å². The Labute approximate surface area is 132 Å². The molecule has 0 amide bonds. The van der Waals surface area contributed by atoms with E-state index in [0.717, 1.165) is 21.4 Å². The molecule has 4 nitrogen and oxygen atoms in total. The highest BCUT2D eigenvalue weighted by Gasteiger charge is 2.08. The van der Waals surface area contributed by atoms with E-state index >= 15 is 0 Å². The molecule has 0 aliphatic rings. The number of methoxy groups -OCH3 is 1. The fourth-order valence-corrected chi connectivity index (χ4v) is 3.10. The molecule has 3 rings (SSSR count). The molecule has 0 unspecified atom stereocenters. The monoisotopic (exact) mass is 310 g/mol. The van der Waals surface area contributed by atoms with E-state index in [9.17, 15) is 4.79 Å². The molecule has 1 aromatic heterocycles. The molecule has 0 saturated heterocycles. The van der Waals surface area contributed by atoms with Crippen LogP contribution >= 0.6 is 11.8 Å². The second kappa shape index (κ2) is 6.58. The topological polar surface area (TPSA) is 52.1 Å². The molecular weight excluding hydrogens is 296 g/mol. The molecule has 0 bridgehead atoms. The number of aromatic nitrogens is 2. The van der Waals surface area contributed by atoms with E-state index in [4.69, 9.17) is 4.74 Å². The number of thioether (sulfide) groups is 1. The average Bonchev–Trinajstić information content (AvgIpc) is 2.59. The van der Waals surface area contributed by atoms with Gasteiger partial charge in [0.15, 0.2) is 0 Å². The largest absolute Gasteiger partial charge is 0.465 e. The quantitative estimate of drug-likeness (QED) is 0.543. The van der Waals surface area contributed by atoms with Gasteiger partial charge in [0.1, 0.15) is 5.03 Å². The maximum Gasteiger partial charge on any atom is 0.337 e. The number of rotatable bonds is 4. The van der Waals surface area contributed by atoms with E-state index in [1.54, 1.807) is 24.0 Å². The lowest BCUT2D eigenvalue weighted by molar-refractivity contribution is 0.0600. The Bertz CT molecular complexity index is 815. The Morgan fingerprint density at radius 1 is 1.18 bits per heavy atom. The van der Waals surface area contributed by atoms with Gasteiger partial charge < -0.3 is 4.74 Å². The summed E-state index contributed by atoms with van der Waals surface area (Å²) in [6.45, 7) is 0. The van der Waals surface area contributed by atoms with Crippen molar-refractivity contribution in [2.45, 2.75) is 10.8 Å². The van der Waals surface area contributed by atoms with Crippen LogP contribution < -0.4 is 0 Å². The number of nitrogens with zero attached hydrogens (tertiary/aromatic N) is 2. The van der Waals surface area contributed by atoms with E-state index in [-0.39, 0.29) is 5.97 Å². The standard InChI is InChI=1S/C17H14N2O2S/c1-21-17(20)13-7-4-5-12(9-13)11-22-16-15-8-3-2-6-14(15)10-18-19-16/h2-10H,11H2,1H3. The van der Waals surface area contributed by atoms with Gasteiger partial charge >= 0.3 is 5.97 Å². The van der Waals surface area contributed by atoms with Crippen LogP contribution in [0.2, 0.25) is 0 Å².